The Labute approximate surface area is 227 Å². The summed E-state index contributed by atoms with van der Waals surface area (Å²) in [5.74, 6) is -0.00593. The summed E-state index contributed by atoms with van der Waals surface area (Å²) < 4.78 is 11.2. The van der Waals surface area contributed by atoms with E-state index < -0.39 is 0 Å². The zero-order chi connectivity index (χ0) is 29.2. The van der Waals surface area contributed by atoms with Crippen molar-refractivity contribution in [1.82, 2.24) is 16.0 Å². The van der Waals surface area contributed by atoms with Crippen molar-refractivity contribution >= 4 is 30.0 Å². The smallest absolute Gasteiger partial charge is 0.290 e. The predicted octanol–water partition coefficient (Wildman–Crippen LogP) is 0.731. The van der Waals surface area contributed by atoms with Gasteiger partial charge >= 0.3 is 0 Å². The van der Waals surface area contributed by atoms with Crippen molar-refractivity contribution in [2.45, 2.75) is 59.3 Å². The third-order valence-corrected chi connectivity index (χ3v) is 5.35. The molecule has 0 aliphatic heterocycles. The fourth-order valence-electron chi connectivity index (χ4n) is 3.07. The maximum absolute atomic E-state index is 11.9. The molecule has 0 aliphatic rings. The first-order chi connectivity index (χ1) is 18.0. The van der Waals surface area contributed by atoms with E-state index in [2.05, 4.69) is 22.9 Å². The number of likely N-dealkylation sites (N-methyl/N-ethyl adjacent to an activating group) is 1. The molecule has 0 radical (unpaired) electrons. The molecule has 222 valence electrons. The van der Waals surface area contributed by atoms with Crippen molar-refractivity contribution in [2.24, 2.45) is 5.92 Å². The summed E-state index contributed by atoms with van der Waals surface area (Å²) in [4.78, 5) is 55.5. The Kier molecular flexibility index (Phi) is 24.5. The lowest BCUT2D eigenvalue weighted by molar-refractivity contribution is -0.881. The van der Waals surface area contributed by atoms with Crippen molar-refractivity contribution < 1.29 is 43.0 Å². The number of ketones is 1. The first-order valence-electron chi connectivity index (χ1n) is 13.4. The van der Waals surface area contributed by atoms with Crippen LogP contribution in [0.4, 0.5) is 0 Å². The standard InChI is InChI=1S/C25H48N4O6.CH2O2/c1-6-7-8-10-23(31)26-12-9-11-24(32)28-14-16-34-17-18-35-20-25(33)27-13-15-29(4,5)19-22(30)21(2)3;2-1-3/h21H,6-20H2,1-5H3,(H2-,26,27,28,31,32,33);1H,(H,2,3)/p+1. The lowest BCUT2D eigenvalue weighted by Gasteiger charge is -2.29. The lowest BCUT2D eigenvalue weighted by Crippen LogP contribution is -2.49. The summed E-state index contributed by atoms with van der Waals surface area (Å²) in [5, 5.41) is 15.3. The molecule has 0 aliphatic carbocycles. The molecule has 0 atom stereocenters. The average molecular weight is 548 g/mol. The van der Waals surface area contributed by atoms with Crippen molar-refractivity contribution in [1.29, 1.82) is 0 Å². The van der Waals surface area contributed by atoms with Crippen LogP contribution in [0.5, 0.6) is 0 Å². The zero-order valence-corrected chi connectivity index (χ0v) is 24.0. The molecule has 0 aromatic carbocycles. The Balaban J connectivity index is 0. The fraction of sp³-hybridized carbons (Fsp3) is 0.808. The number of hydrogen-bond donors (Lipinski definition) is 4. The number of carbonyl (C=O) groups is 5. The van der Waals surface area contributed by atoms with Gasteiger partial charge in [-0.2, -0.15) is 0 Å². The molecule has 0 saturated carbocycles. The van der Waals surface area contributed by atoms with Gasteiger partial charge in [0.05, 0.1) is 47.0 Å². The minimum Gasteiger partial charge on any atom is -0.483 e. The van der Waals surface area contributed by atoms with E-state index in [0.29, 0.717) is 69.7 Å². The molecule has 0 aromatic rings. The number of hydrogen-bond acceptors (Lipinski definition) is 7. The van der Waals surface area contributed by atoms with Crippen molar-refractivity contribution in [3.05, 3.63) is 0 Å². The molecule has 12 heteroatoms. The number of Topliss-reactive ketones (excluding diaryl/α,β-unsaturated/α-hetero) is 1. The van der Waals surface area contributed by atoms with Gasteiger partial charge in [-0.15, -0.1) is 0 Å². The quantitative estimate of drug-likeness (QED) is 0.0877. The van der Waals surface area contributed by atoms with Gasteiger partial charge in [-0.05, 0) is 12.8 Å². The highest BCUT2D eigenvalue weighted by Crippen LogP contribution is 2.02. The van der Waals surface area contributed by atoms with Crippen LogP contribution in [0.25, 0.3) is 0 Å². The molecule has 3 amide bonds. The second-order valence-electron chi connectivity index (χ2n) is 9.82. The van der Waals surface area contributed by atoms with Crippen LogP contribution in [0.3, 0.4) is 0 Å². The monoisotopic (exact) mass is 547 g/mol. The topological polar surface area (TPSA) is 160 Å². The van der Waals surface area contributed by atoms with Gasteiger partial charge in [-0.3, -0.25) is 24.0 Å². The number of nitrogens with zero attached hydrogens (tertiary/aromatic N) is 1. The minimum absolute atomic E-state index is 0.0132. The van der Waals surface area contributed by atoms with E-state index in [-0.39, 0.29) is 49.1 Å². The highest BCUT2D eigenvalue weighted by atomic mass is 16.5. The molecular formula is C26H51N4O8+. The van der Waals surface area contributed by atoms with E-state index in [0.717, 1.165) is 19.3 Å². The van der Waals surface area contributed by atoms with Gasteiger partial charge in [0, 0.05) is 31.8 Å². The van der Waals surface area contributed by atoms with Gasteiger partial charge in [0.15, 0.2) is 5.78 Å². The summed E-state index contributed by atoms with van der Waals surface area (Å²) in [6.45, 7) is 9.04. The first kappa shape index (κ1) is 37.6. The molecule has 4 N–H and O–H groups in total. The zero-order valence-electron chi connectivity index (χ0n) is 24.0. The molecule has 0 bridgehead atoms. The average Bonchev–Trinajstić information content (AvgIpc) is 2.83. The Morgan fingerprint density at radius 1 is 0.816 bits per heavy atom. The molecule has 0 unspecified atom stereocenters. The third-order valence-electron chi connectivity index (χ3n) is 5.35. The molecule has 12 nitrogen and oxygen atoms in total. The van der Waals surface area contributed by atoms with Gasteiger partial charge in [-0.1, -0.05) is 33.6 Å². The largest absolute Gasteiger partial charge is 0.483 e. The number of ether oxygens (including phenoxy) is 2. The van der Waals surface area contributed by atoms with Crippen LogP contribution < -0.4 is 16.0 Å². The molecule has 0 spiro atoms. The normalized spacial score (nSPS) is 10.8. The summed E-state index contributed by atoms with van der Waals surface area (Å²) >= 11 is 0. The Morgan fingerprint density at radius 3 is 1.97 bits per heavy atom. The van der Waals surface area contributed by atoms with E-state index in [1.807, 2.05) is 27.9 Å². The Bertz CT molecular complexity index is 672. The van der Waals surface area contributed by atoms with Gasteiger partial charge in [0.2, 0.25) is 17.7 Å². The highest BCUT2D eigenvalue weighted by molar-refractivity contribution is 5.81. The van der Waals surface area contributed by atoms with Gasteiger partial charge in [0.25, 0.3) is 6.47 Å². The SMILES string of the molecule is CCCCCC(=O)NCCCC(=O)NCCOCCOCC(=O)NCC[N+](C)(C)CC(=O)C(C)C.O=CO. The van der Waals surface area contributed by atoms with E-state index >= 15 is 0 Å². The number of unbranched alkanes of at least 4 members (excludes halogenated alkanes) is 2. The summed E-state index contributed by atoms with van der Waals surface area (Å²) in [7, 11) is 3.94. The number of nitrogens with one attached hydrogen (secondary N) is 3. The number of amides is 3. The predicted molar refractivity (Wildman–Crippen MR) is 144 cm³/mol. The van der Waals surface area contributed by atoms with Crippen molar-refractivity contribution in [3.63, 3.8) is 0 Å². The third kappa shape index (κ3) is 26.5. The van der Waals surface area contributed by atoms with Gasteiger partial charge in [0.1, 0.15) is 13.2 Å². The Morgan fingerprint density at radius 2 is 1.37 bits per heavy atom. The maximum Gasteiger partial charge on any atom is 0.290 e. The second kappa shape index (κ2) is 24.7. The molecular weight excluding hydrogens is 496 g/mol. The van der Waals surface area contributed by atoms with Crippen LogP contribution in [0.2, 0.25) is 0 Å². The maximum atomic E-state index is 11.9. The summed E-state index contributed by atoms with van der Waals surface area (Å²) in [6, 6.07) is 0. The lowest BCUT2D eigenvalue weighted by atomic mass is 10.1. The van der Waals surface area contributed by atoms with E-state index in [4.69, 9.17) is 19.4 Å². The molecule has 38 heavy (non-hydrogen) atoms. The molecule has 0 heterocycles. The minimum atomic E-state index is -0.250. The molecule has 0 saturated heterocycles. The number of carboxylic acid groups (broad SMARTS) is 1. The molecule has 0 aromatic heterocycles. The fourth-order valence-corrected chi connectivity index (χ4v) is 3.07. The van der Waals surface area contributed by atoms with Crippen LogP contribution in [0.15, 0.2) is 0 Å². The van der Waals surface area contributed by atoms with Crippen LogP contribution >= 0.6 is 0 Å². The van der Waals surface area contributed by atoms with E-state index in [1.165, 1.54) is 0 Å². The van der Waals surface area contributed by atoms with Crippen molar-refractivity contribution in [3.8, 4) is 0 Å². The summed E-state index contributed by atoms with van der Waals surface area (Å²) in [6.07, 6.45) is 4.56. The highest BCUT2D eigenvalue weighted by Gasteiger charge is 2.21. The first-order valence-corrected chi connectivity index (χ1v) is 13.4. The number of rotatable bonds is 22. The van der Waals surface area contributed by atoms with Gasteiger partial charge in [-0.25, -0.2) is 0 Å². The second-order valence-corrected chi connectivity index (χ2v) is 9.82. The van der Waals surface area contributed by atoms with Crippen LogP contribution in [0.1, 0.15) is 59.3 Å². The number of carbonyl (C=O) groups excluding carboxylic acids is 4. The molecule has 0 rings (SSSR count). The van der Waals surface area contributed by atoms with Crippen molar-refractivity contribution in [2.75, 3.05) is 73.2 Å². The summed E-state index contributed by atoms with van der Waals surface area (Å²) in [5.41, 5.74) is 0. The Hall–Kier alpha value is -2.57. The van der Waals surface area contributed by atoms with Crippen LogP contribution in [-0.2, 0) is 33.4 Å². The number of quaternary nitrogens is 1. The van der Waals surface area contributed by atoms with Gasteiger partial charge < -0.3 is 35.0 Å². The van der Waals surface area contributed by atoms with E-state index in [9.17, 15) is 19.2 Å². The van der Waals surface area contributed by atoms with Crippen LogP contribution in [-0.4, -0.2) is 113 Å². The molecule has 0 fully saturated rings. The van der Waals surface area contributed by atoms with E-state index in [1.54, 1.807) is 0 Å². The van der Waals surface area contributed by atoms with Crippen LogP contribution in [0, 0.1) is 5.92 Å².